The van der Waals surface area contributed by atoms with Crippen molar-refractivity contribution in [2.45, 2.75) is 43.5 Å². The molecule has 1 heterocycles. The van der Waals surface area contributed by atoms with Gasteiger partial charge in [-0.05, 0) is 19.9 Å². The van der Waals surface area contributed by atoms with Gasteiger partial charge in [-0.3, -0.25) is 0 Å². The molecule has 0 bridgehead atoms. The highest BCUT2D eigenvalue weighted by atomic mass is 16.7. The molecule has 1 rings (SSSR count). The Morgan fingerprint density at radius 1 is 1.44 bits per heavy atom. The lowest BCUT2D eigenvalue weighted by Gasteiger charge is -2.31. The predicted molar refractivity (Wildman–Crippen MR) is 54.4 cm³/mol. The van der Waals surface area contributed by atoms with E-state index in [1.807, 2.05) is 0 Å². The van der Waals surface area contributed by atoms with Gasteiger partial charge < -0.3 is 30.3 Å². The highest BCUT2D eigenvalue weighted by Gasteiger charge is 2.62. The van der Waals surface area contributed by atoms with Crippen LogP contribution >= 0.6 is 0 Å². The van der Waals surface area contributed by atoms with E-state index < -0.39 is 36.3 Å². The first-order valence-corrected chi connectivity index (χ1v) is 5.03. The molecule has 1 aliphatic rings. The second kappa shape index (κ2) is 4.40. The number of allylic oxidation sites excluding steroid dienone is 1. The van der Waals surface area contributed by atoms with Crippen LogP contribution in [-0.2, 0) is 4.74 Å². The SMILES string of the molecule is CC=C[C@]1(O)O[C@H]([C@H](O)CO)[C@H](O)[C@@]1(C)O. The van der Waals surface area contributed by atoms with E-state index in [1.165, 1.54) is 19.1 Å². The average molecular weight is 234 g/mol. The standard InChI is InChI=1S/C10H18O6/c1-3-4-10(15)9(2,14)8(13)7(16-10)6(12)5-11/h3-4,6-8,11-15H,5H2,1-2H3/t6-,7-,8+,9-,10+/m1/s1. The smallest absolute Gasteiger partial charge is 0.217 e. The molecule has 0 aliphatic carbocycles. The number of aliphatic hydroxyl groups excluding tert-OH is 3. The molecule has 5 N–H and O–H groups in total. The monoisotopic (exact) mass is 234 g/mol. The summed E-state index contributed by atoms with van der Waals surface area (Å²) in [5.74, 6) is -2.08. The van der Waals surface area contributed by atoms with Gasteiger partial charge in [0.05, 0.1) is 6.61 Å². The molecule has 0 spiro atoms. The molecule has 1 aliphatic heterocycles. The van der Waals surface area contributed by atoms with Crippen LogP contribution in [0.2, 0.25) is 0 Å². The molecule has 0 radical (unpaired) electrons. The van der Waals surface area contributed by atoms with Gasteiger partial charge in [-0.1, -0.05) is 6.08 Å². The fourth-order valence-corrected chi connectivity index (χ4v) is 1.75. The van der Waals surface area contributed by atoms with Gasteiger partial charge >= 0.3 is 0 Å². The van der Waals surface area contributed by atoms with Crippen molar-refractivity contribution in [2.75, 3.05) is 6.61 Å². The Hall–Kier alpha value is -0.500. The number of aliphatic hydroxyl groups is 5. The Morgan fingerprint density at radius 3 is 2.44 bits per heavy atom. The van der Waals surface area contributed by atoms with Crippen molar-refractivity contribution in [2.24, 2.45) is 0 Å². The normalized spacial score (nSPS) is 46.4. The van der Waals surface area contributed by atoms with Crippen LogP contribution in [0.15, 0.2) is 12.2 Å². The topological polar surface area (TPSA) is 110 Å². The maximum Gasteiger partial charge on any atom is 0.217 e. The summed E-state index contributed by atoms with van der Waals surface area (Å²) < 4.78 is 5.03. The highest BCUT2D eigenvalue weighted by molar-refractivity contribution is 5.15. The van der Waals surface area contributed by atoms with Crippen molar-refractivity contribution in [1.29, 1.82) is 0 Å². The maximum atomic E-state index is 9.99. The van der Waals surface area contributed by atoms with Crippen LogP contribution in [0.5, 0.6) is 0 Å². The van der Waals surface area contributed by atoms with E-state index in [0.717, 1.165) is 0 Å². The molecular weight excluding hydrogens is 216 g/mol. The molecule has 6 nitrogen and oxygen atoms in total. The van der Waals surface area contributed by atoms with Gasteiger partial charge in [-0.25, -0.2) is 0 Å². The lowest BCUT2D eigenvalue weighted by atomic mass is 9.88. The van der Waals surface area contributed by atoms with E-state index in [9.17, 15) is 20.4 Å². The molecule has 1 fully saturated rings. The van der Waals surface area contributed by atoms with Crippen LogP contribution < -0.4 is 0 Å². The molecule has 16 heavy (non-hydrogen) atoms. The summed E-state index contributed by atoms with van der Waals surface area (Å²) in [5, 5.41) is 47.8. The Morgan fingerprint density at radius 2 is 2.00 bits per heavy atom. The fourth-order valence-electron chi connectivity index (χ4n) is 1.75. The second-order valence-electron chi connectivity index (χ2n) is 4.12. The van der Waals surface area contributed by atoms with Gasteiger partial charge in [-0.2, -0.15) is 0 Å². The highest BCUT2D eigenvalue weighted by Crippen LogP contribution is 2.40. The van der Waals surface area contributed by atoms with E-state index >= 15 is 0 Å². The van der Waals surface area contributed by atoms with Gasteiger partial charge in [0.15, 0.2) is 0 Å². The lowest BCUT2D eigenvalue weighted by Crippen LogP contribution is -2.53. The minimum Gasteiger partial charge on any atom is -0.394 e. The third-order valence-electron chi connectivity index (χ3n) is 2.89. The number of hydrogen-bond donors (Lipinski definition) is 5. The van der Waals surface area contributed by atoms with Crippen molar-refractivity contribution >= 4 is 0 Å². The number of ether oxygens (including phenoxy) is 1. The quantitative estimate of drug-likeness (QED) is 0.365. The summed E-state index contributed by atoms with van der Waals surface area (Å²) in [6.45, 7) is 2.17. The third-order valence-corrected chi connectivity index (χ3v) is 2.89. The van der Waals surface area contributed by atoms with Crippen LogP contribution in [0.3, 0.4) is 0 Å². The van der Waals surface area contributed by atoms with Crippen LogP contribution in [0.25, 0.3) is 0 Å². The first-order valence-electron chi connectivity index (χ1n) is 5.03. The molecular formula is C10H18O6. The van der Waals surface area contributed by atoms with E-state index in [4.69, 9.17) is 9.84 Å². The molecule has 0 saturated carbocycles. The summed E-state index contributed by atoms with van der Waals surface area (Å²) >= 11 is 0. The molecule has 94 valence electrons. The Balaban J connectivity index is 3.02. The van der Waals surface area contributed by atoms with Crippen molar-refractivity contribution in [1.82, 2.24) is 0 Å². The van der Waals surface area contributed by atoms with Crippen molar-refractivity contribution in [3.05, 3.63) is 12.2 Å². The zero-order valence-electron chi connectivity index (χ0n) is 9.24. The Bertz CT molecular complexity index is 276. The zero-order chi connectivity index (χ0) is 12.6. The van der Waals surface area contributed by atoms with Crippen molar-refractivity contribution in [3.63, 3.8) is 0 Å². The molecule has 0 aromatic heterocycles. The van der Waals surface area contributed by atoms with Gasteiger partial charge in [0.2, 0.25) is 5.79 Å². The Kier molecular flexibility index (Phi) is 3.73. The molecule has 0 amide bonds. The van der Waals surface area contributed by atoms with E-state index in [1.54, 1.807) is 6.92 Å². The first-order chi connectivity index (χ1) is 7.30. The molecule has 1 saturated heterocycles. The van der Waals surface area contributed by atoms with Crippen molar-refractivity contribution < 1.29 is 30.3 Å². The molecule has 6 heteroatoms. The van der Waals surface area contributed by atoms with Crippen LogP contribution in [0, 0.1) is 0 Å². The van der Waals surface area contributed by atoms with Crippen LogP contribution in [0.4, 0.5) is 0 Å². The van der Waals surface area contributed by atoms with Crippen LogP contribution in [0.1, 0.15) is 13.8 Å². The summed E-state index contributed by atoms with van der Waals surface area (Å²) in [6, 6.07) is 0. The summed E-state index contributed by atoms with van der Waals surface area (Å²) in [4.78, 5) is 0. The van der Waals surface area contributed by atoms with Gasteiger partial charge in [-0.15, -0.1) is 0 Å². The summed E-state index contributed by atoms with van der Waals surface area (Å²) in [6.07, 6.45) is -1.49. The summed E-state index contributed by atoms with van der Waals surface area (Å²) in [7, 11) is 0. The van der Waals surface area contributed by atoms with E-state index in [2.05, 4.69) is 0 Å². The van der Waals surface area contributed by atoms with E-state index in [0.29, 0.717) is 0 Å². The average Bonchev–Trinajstić information content (AvgIpc) is 2.39. The first kappa shape index (κ1) is 13.6. The van der Waals surface area contributed by atoms with Gasteiger partial charge in [0.1, 0.15) is 23.9 Å². The number of hydrogen-bond acceptors (Lipinski definition) is 6. The molecule has 0 aromatic rings. The van der Waals surface area contributed by atoms with Crippen molar-refractivity contribution in [3.8, 4) is 0 Å². The maximum absolute atomic E-state index is 9.99. The molecule has 0 aromatic carbocycles. The minimum absolute atomic E-state index is 0.635. The van der Waals surface area contributed by atoms with Crippen LogP contribution in [-0.4, -0.2) is 61.8 Å². The van der Waals surface area contributed by atoms with Gasteiger partial charge in [0.25, 0.3) is 0 Å². The Labute approximate surface area is 93.4 Å². The molecule has 0 unspecified atom stereocenters. The minimum atomic E-state index is -2.08. The zero-order valence-corrected chi connectivity index (χ0v) is 9.24. The van der Waals surface area contributed by atoms with E-state index in [-0.39, 0.29) is 0 Å². The predicted octanol–water partition coefficient (Wildman–Crippen LogP) is -1.89. The largest absolute Gasteiger partial charge is 0.394 e. The third kappa shape index (κ3) is 1.88. The fraction of sp³-hybridized carbons (Fsp3) is 0.800. The number of rotatable bonds is 3. The van der Waals surface area contributed by atoms with Gasteiger partial charge in [0, 0.05) is 0 Å². The molecule has 5 atom stereocenters. The lowest BCUT2D eigenvalue weighted by molar-refractivity contribution is -0.235. The second-order valence-corrected chi connectivity index (χ2v) is 4.12. The summed E-state index contributed by atoms with van der Waals surface area (Å²) in [5.41, 5.74) is -1.96.